The molecule has 0 saturated carbocycles. The fourth-order valence-corrected chi connectivity index (χ4v) is 3.67. The van der Waals surface area contributed by atoms with Crippen LogP contribution in [-0.4, -0.2) is 73.3 Å². The molecule has 7 nitrogen and oxygen atoms in total. The van der Waals surface area contributed by atoms with Gasteiger partial charge in [0.15, 0.2) is 0 Å². The molecule has 2 fully saturated rings. The van der Waals surface area contributed by atoms with Gasteiger partial charge in [-0.3, -0.25) is 4.79 Å². The summed E-state index contributed by atoms with van der Waals surface area (Å²) in [7, 11) is 0. The Morgan fingerprint density at radius 3 is 2.48 bits per heavy atom. The van der Waals surface area contributed by atoms with Crippen molar-refractivity contribution >= 4 is 23.7 Å². The molecule has 2 aliphatic rings. The van der Waals surface area contributed by atoms with Crippen molar-refractivity contribution in [1.82, 2.24) is 14.9 Å². The van der Waals surface area contributed by atoms with Crippen molar-refractivity contribution in [3.05, 3.63) is 53.2 Å². The van der Waals surface area contributed by atoms with E-state index < -0.39 is 11.6 Å². The van der Waals surface area contributed by atoms with Crippen molar-refractivity contribution in [3.63, 3.8) is 0 Å². The largest absolute Gasteiger partial charge is 0.378 e. The van der Waals surface area contributed by atoms with E-state index in [1.54, 1.807) is 4.90 Å². The molecule has 1 amide bonds. The van der Waals surface area contributed by atoms with Gasteiger partial charge in [0.2, 0.25) is 11.9 Å². The van der Waals surface area contributed by atoms with E-state index in [1.165, 1.54) is 12.2 Å². The van der Waals surface area contributed by atoms with Gasteiger partial charge in [0.25, 0.3) is 0 Å². The van der Waals surface area contributed by atoms with Crippen LogP contribution in [0.3, 0.4) is 0 Å². The number of halogens is 2. The molecule has 0 aliphatic carbocycles. The molecule has 2 aromatic rings. The number of morpholine rings is 1. The average molecular weight is 429 g/mol. The monoisotopic (exact) mass is 429 g/mol. The lowest BCUT2D eigenvalue weighted by atomic mass is 10.2. The molecule has 0 bridgehead atoms. The highest BCUT2D eigenvalue weighted by atomic mass is 19.1. The van der Waals surface area contributed by atoms with Gasteiger partial charge in [-0.15, -0.1) is 0 Å². The van der Waals surface area contributed by atoms with Gasteiger partial charge in [0, 0.05) is 62.7 Å². The van der Waals surface area contributed by atoms with Crippen LogP contribution in [0.4, 0.5) is 20.5 Å². The van der Waals surface area contributed by atoms with E-state index in [0.717, 1.165) is 42.8 Å². The third-order valence-electron chi connectivity index (χ3n) is 5.40. The minimum Gasteiger partial charge on any atom is -0.378 e. The van der Waals surface area contributed by atoms with Gasteiger partial charge in [-0.2, -0.15) is 4.98 Å². The predicted octanol–water partition coefficient (Wildman–Crippen LogP) is 2.26. The number of ether oxygens (including phenoxy) is 1. The molecule has 31 heavy (non-hydrogen) atoms. The van der Waals surface area contributed by atoms with Crippen LogP contribution in [0.15, 0.2) is 30.3 Å². The molecule has 164 valence electrons. The maximum atomic E-state index is 13.7. The standard InChI is InChI=1S/C22H25F2N5O2/c1-16-14-20(26-22(25-16)29-10-12-31-13-11-29)27-6-8-28(9-7-27)21(30)5-2-17-15-18(23)3-4-19(17)24/h2-5,14-15H,6-13H2,1H3/b5-2+. The molecule has 2 aliphatic heterocycles. The molecule has 1 aromatic carbocycles. The van der Waals surface area contributed by atoms with Crippen LogP contribution < -0.4 is 9.80 Å². The van der Waals surface area contributed by atoms with Crippen molar-refractivity contribution in [1.29, 1.82) is 0 Å². The summed E-state index contributed by atoms with van der Waals surface area (Å²) in [6, 6.07) is 5.12. The highest BCUT2D eigenvalue weighted by Crippen LogP contribution is 2.20. The van der Waals surface area contributed by atoms with Crippen molar-refractivity contribution < 1.29 is 18.3 Å². The van der Waals surface area contributed by atoms with E-state index in [1.807, 2.05) is 13.0 Å². The number of hydrogen-bond acceptors (Lipinski definition) is 6. The Morgan fingerprint density at radius 2 is 1.74 bits per heavy atom. The summed E-state index contributed by atoms with van der Waals surface area (Å²) in [5.74, 6) is 0.218. The van der Waals surface area contributed by atoms with E-state index in [0.29, 0.717) is 45.3 Å². The Hall–Kier alpha value is -3.07. The molecule has 1 aromatic heterocycles. The zero-order chi connectivity index (χ0) is 21.8. The smallest absolute Gasteiger partial charge is 0.246 e. The van der Waals surface area contributed by atoms with Gasteiger partial charge in [-0.1, -0.05) is 0 Å². The lowest BCUT2D eigenvalue weighted by Gasteiger charge is -2.35. The zero-order valence-corrected chi connectivity index (χ0v) is 17.4. The van der Waals surface area contributed by atoms with Crippen LogP contribution in [0, 0.1) is 18.6 Å². The minimum absolute atomic E-state index is 0.0547. The number of anilines is 2. The quantitative estimate of drug-likeness (QED) is 0.695. The van der Waals surface area contributed by atoms with E-state index in [9.17, 15) is 13.6 Å². The second kappa shape index (κ2) is 9.38. The van der Waals surface area contributed by atoms with E-state index in [-0.39, 0.29) is 11.5 Å². The Bertz CT molecular complexity index is 970. The maximum absolute atomic E-state index is 13.7. The molecule has 0 radical (unpaired) electrons. The summed E-state index contributed by atoms with van der Waals surface area (Å²) < 4.78 is 32.4. The second-order valence-corrected chi connectivity index (χ2v) is 7.58. The molecule has 0 spiro atoms. The summed E-state index contributed by atoms with van der Waals surface area (Å²) >= 11 is 0. The molecule has 3 heterocycles. The summed E-state index contributed by atoms with van der Waals surface area (Å²) in [4.78, 5) is 27.7. The predicted molar refractivity (Wildman–Crippen MR) is 114 cm³/mol. The zero-order valence-electron chi connectivity index (χ0n) is 17.4. The van der Waals surface area contributed by atoms with Crippen LogP contribution in [0.1, 0.15) is 11.3 Å². The van der Waals surface area contributed by atoms with Crippen LogP contribution in [0.2, 0.25) is 0 Å². The number of aromatic nitrogens is 2. The van der Waals surface area contributed by atoms with E-state index >= 15 is 0 Å². The molecule has 4 rings (SSSR count). The van der Waals surface area contributed by atoms with Gasteiger partial charge < -0.3 is 19.4 Å². The summed E-state index contributed by atoms with van der Waals surface area (Å²) in [6.45, 7) is 7.12. The lowest BCUT2D eigenvalue weighted by Crippen LogP contribution is -2.48. The number of carbonyl (C=O) groups excluding carboxylic acids is 1. The number of nitrogens with zero attached hydrogens (tertiary/aromatic N) is 5. The van der Waals surface area contributed by atoms with Crippen molar-refractivity contribution in [2.45, 2.75) is 6.92 Å². The molecule has 2 saturated heterocycles. The van der Waals surface area contributed by atoms with Crippen LogP contribution in [0.25, 0.3) is 6.08 Å². The van der Waals surface area contributed by atoms with Gasteiger partial charge in [-0.25, -0.2) is 13.8 Å². The molecular weight excluding hydrogens is 404 g/mol. The first-order valence-electron chi connectivity index (χ1n) is 10.3. The topological polar surface area (TPSA) is 61.8 Å². The molecule has 0 unspecified atom stereocenters. The summed E-state index contributed by atoms with van der Waals surface area (Å²) in [5.41, 5.74) is 0.948. The van der Waals surface area contributed by atoms with E-state index in [4.69, 9.17) is 9.72 Å². The summed E-state index contributed by atoms with van der Waals surface area (Å²) in [5, 5.41) is 0. The molecule has 0 N–H and O–H groups in total. The Kier molecular flexibility index (Phi) is 6.41. The van der Waals surface area contributed by atoms with Gasteiger partial charge >= 0.3 is 0 Å². The highest BCUT2D eigenvalue weighted by Gasteiger charge is 2.22. The number of hydrogen-bond donors (Lipinski definition) is 0. The first-order chi connectivity index (χ1) is 15.0. The number of rotatable bonds is 4. The first kappa shape index (κ1) is 21.2. The number of amides is 1. The van der Waals surface area contributed by atoms with Crippen LogP contribution in [0.5, 0.6) is 0 Å². The number of benzene rings is 1. The van der Waals surface area contributed by atoms with Crippen LogP contribution in [-0.2, 0) is 9.53 Å². The Balaban J connectivity index is 1.38. The van der Waals surface area contributed by atoms with Gasteiger partial charge in [0.1, 0.15) is 17.5 Å². The van der Waals surface area contributed by atoms with Crippen molar-refractivity contribution in [3.8, 4) is 0 Å². The Labute approximate surface area is 179 Å². The van der Waals surface area contributed by atoms with E-state index in [2.05, 4.69) is 14.8 Å². The normalized spacial score (nSPS) is 17.5. The lowest BCUT2D eigenvalue weighted by molar-refractivity contribution is -0.126. The fraction of sp³-hybridized carbons (Fsp3) is 0.409. The van der Waals surface area contributed by atoms with Crippen LogP contribution >= 0.6 is 0 Å². The van der Waals surface area contributed by atoms with Crippen molar-refractivity contribution in [2.24, 2.45) is 0 Å². The summed E-state index contributed by atoms with van der Waals surface area (Å²) in [6.07, 6.45) is 2.61. The molecule has 0 atom stereocenters. The second-order valence-electron chi connectivity index (χ2n) is 7.58. The average Bonchev–Trinajstić information content (AvgIpc) is 2.80. The SMILES string of the molecule is Cc1cc(N2CCN(C(=O)/C=C/c3cc(F)ccc3F)CC2)nc(N2CCOCC2)n1. The molecule has 9 heteroatoms. The number of aryl methyl sites for hydroxylation is 1. The van der Waals surface area contributed by atoms with Crippen molar-refractivity contribution in [2.75, 3.05) is 62.3 Å². The maximum Gasteiger partial charge on any atom is 0.246 e. The molecular formula is C22H25F2N5O2. The highest BCUT2D eigenvalue weighted by molar-refractivity contribution is 5.92. The first-order valence-corrected chi connectivity index (χ1v) is 10.3. The third-order valence-corrected chi connectivity index (χ3v) is 5.40. The van der Waals surface area contributed by atoms with Gasteiger partial charge in [-0.05, 0) is 31.2 Å². The number of piperazine rings is 1. The van der Waals surface area contributed by atoms with Gasteiger partial charge in [0.05, 0.1) is 13.2 Å². The Morgan fingerprint density at radius 1 is 1.00 bits per heavy atom. The fourth-order valence-electron chi connectivity index (χ4n) is 3.67. The number of carbonyl (C=O) groups is 1. The third kappa shape index (κ3) is 5.16. The minimum atomic E-state index is -0.564.